The molecule has 13 aromatic rings. The van der Waals surface area contributed by atoms with Crippen molar-refractivity contribution in [2.75, 3.05) is 0 Å². The van der Waals surface area contributed by atoms with E-state index in [1.54, 1.807) is 0 Å². The molecule has 256 valence electrons. The Balaban J connectivity index is 1.01. The molecule has 0 aliphatic carbocycles. The van der Waals surface area contributed by atoms with Gasteiger partial charge in [0.25, 0.3) is 0 Å². The lowest BCUT2D eigenvalue weighted by Gasteiger charge is -2.08. The van der Waals surface area contributed by atoms with Gasteiger partial charge in [-0.15, -0.1) is 0 Å². The number of hydrogen-bond acceptors (Lipinski definition) is 3. The van der Waals surface area contributed by atoms with Crippen molar-refractivity contribution in [1.82, 2.24) is 18.5 Å². The minimum absolute atomic E-state index is 0.838. The summed E-state index contributed by atoms with van der Waals surface area (Å²) >= 11 is 0. The maximum atomic E-state index is 6.71. The number of hydrogen-bond donors (Lipinski definition) is 0. The second kappa shape index (κ2) is 10.5. The number of rotatable bonds is 3. The quantitative estimate of drug-likeness (QED) is 0.184. The van der Waals surface area contributed by atoms with Crippen LogP contribution in [0.15, 0.2) is 179 Å². The van der Waals surface area contributed by atoms with Gasteiger partial charge in [0.1, 0.15) is 16.7 Å². The fourth-order valence-electron chi connectivity index (χ4n) is 9.08. The minimum Gasteiger partial charge on any atom is -0.456 e. The van der Waals surface area contributed by atoms with E-state index in [0.29, 0.717) is 0 Å². The predicted molar refractivity (Wildman–Crippen MR) is 224 cm³/mol. The number of furan rings is 2. The van der Waals surface area contributed by atoms with Crippen LogP contribution in [0.5, 0.6) is 0 Å². The summed E-state index contributed by atoms with van der Waals surface area (Å²) in [5, 5.41) is 6.74. The molecule has 0 aliphatic heterocycles. The highest BCUT2D eigenvalue weighted by Crippen LogP contribution is 2.42. The van der Waals surface area contributed by atoms with Crippen LogP contribution in [-0.4, -0.2) is 18.5 Å². The second-order valence-electron chi connectivity index (χ2n) is 14.4. The average Bonchev–Trinajstić information content (AvgIpc) is 4.04. The van der Waals surface area contributed by atoms with Crippen molar-refractivity contribution < 1.29 is 8.83 Å². The highest BCUT2D eigenvalue weighted by atomic mass is 16.3. The Morgan fingerprint density at radius 3 is 1.76 bits per heavy atom. The van der Waals surface area contributed by atoms with E-state index >= 15 is 0 Å². The highest BCUT2D eigenvalue weighted by molar-refractivity contribution is 6.14. The third-order valence-corrected chi connectivity index (χ3v) is 11.5. The molecule has 6 heteroatoms. The highest BCUT2D eigenvalue weighted by Gasteiger charge is 2.22. The van der Waals surface area contributed by atoms with Gasteiger partial charge in [-0.1, -0.05) is 91.0 Å². The zero-order valence-corrected chi connectivity index (χ0v) is 29.3. The van der Waals surface area contributed by atoms with Gasteiger partial charge in [0, 0.05) is 26.9 Å². The number of fused-ring (bicyclic) bond motifs is 14. The Kier molecular flexibility index (Phi) is 5.54. The largest absolute Gasteiger partial charge is 0.456 e. The lowest BCUT2D eigenvalue weighted by Crippen LogP contribution is -1.95. The van der Waals surface area contributed by atoms with Crippen LogP contribution in [0, 0.1) is 0 Å². The third kappa shape index (κ3) is 3.84. The van der Waals surface area contributed by atoms with E-state index in [0.717, 1.165) is 105 Å². The van der Waals surface area contributed by atoms with Crippen molar-refractivity contribution in [2.24, 2.45) is 0 Å². The number of para-hydroxylation sites is 7. The first kappa shape index (κ1) is 28.9. The SMILES string of the molecule is c1ccc2c(c1)nc1n(-c3cccc4oc5ccc(-c6ccc7oc8c(-n9c%10ccccc%10c%10ccccc%109)cccc8c7c6)cc5c34)c3ccccc3n21. The Morgan fingerprint density at radius 2 is 0.982 bits per heavy atom. The van der Waals surface area contributed by atoms with Crippen LogP contribution in [0.4, 0.5) is 0 Å². The van der Waals surface area contributed by atoms with Gasteiger partial charge in [-0.05, 0) is 90.0 Å². The molecule has 0 bridgehead atoms. The molecule has 0 saturated carbocycles. The summed E-state index contributed by atoms with van der Waals surface area (Å²) in [6, 6.07) is 59.9. The summed E-state index contributed by atoms with van der Waals surface area (Å²) in [5.74, 6) is 0.873. The Hall–Kier alpha value is -7.57. The molecule has 0 spiro atoms. The molecule has 55 heavy (non-hydrogen) atoms. The van der Waals surface area contributed by atoms with Crippen LogP contribution >= 0.6 is 0 Å². The van der Waals surface area contributed by atoms with Crippen molar-refractivity contribution in [1.29, 1.82) is 0 Å². The van der Waals surface area contributed by atoms with Gasteiger partial charge in [-0.25, -0.2) is 4.98 Å². The molecule has 0 atom stereocenters. The molecular weight excluding hydrogens is 677 g/mol. The first-order chi connectivity index (χ1) is 27.3. The Morgan fingerprint density at radius 1 is 0.382 bits per heavy atom. The maximum Gasteiger partial charge on any atom is 0.220 e. The molecule has 0 fully saturated rings. The lowest BCUT2D eigenvalue weighted by atomic mass is 10.00. The number of nitrogens with zero attached hydrogens (tertiary/aromatic N) is 4. The van der Waals surface area contributed by atoms with Crippen LogP contribution in [0.25, 0.3) is 116 Å². The first-order valence-electron chi connectivity index (χ1n) is 18.5. The summed E-state index contributed by atoms with van der Waals surface area (Å²) in [6.45, 7) is 0. The van der Waals surface area contributed by atoms with Crippen LogP contribution in [0.3, 0.4) is 0 Å². The summed E-state index contributed by atoms with van der Waals surface area (Å²) < 4.78 is 20.1. The van der Waals surface area contributed by atoms with Gasteiger partial charge in [-0.2, -0.15) is 0 Å². The first-order valence-corrected chi connectivity index (χ1v) is 18.5. The predicted octanol–water partition coefficient (Wildman–Crippen LogP) is 13.0. The molecule has 8 aromatic carbocycles. The molecule has 0 aliphatic rings. The van der Waals surface area contributed by atoms with Crippen LogP contribution in [0.1, 0.15) is 0 Å². The topological polar surface area (TPSA) is 53.4 Å². The van der Waals surface area contributed by atoms with Gasteiger partial charge in [0.15, 0.2) is 5.58 Å². The van der Waals surface area contributed by atoms with E-state index in [2.05, 4.69) is 177 Å². The van der Waals surface area contributed by atoms with E-state index in [1.807, 2.05) is 6.07 Å². The normalized spacial score (nSPS) is 12.4. The van der Waals surface area contributed by atoms with Crippen molar-refractivity contribution >= 4 is 93.5 Å². The molecule has 13 rings (SSSR count). The molecule has 0 saturated heterocycles. The summed E-state index contributed by atoms with van der Waals surface area (Å²) in [5.41, 5.74) is 14.3. The van der Waals surface area contributed by atoms with Gasteiger partial charge in [-0.3, -0.25) is 8.97 Å². The molecule has 5 aromatic heterocycles. The zero-order valence-electron chi connectivity index (χ0n) is 29.3. The zero-order chi connectivity index (χ0) is 35.8. The second-order valence-corrected chi connectivity index (χ2v) is 14.4. The van der Waals surface area contributed by atoms with Crippen molar-refractivity contribution in [2.45, 2.75) is 0 Å². The van der Waals surface area contributed by atoms with E-state index in [1.165, 1.54) is 10.8 Å². The van der Waals surface area contributed by atoms with E-state index in [9.17, 15) is 0 Å². The summed E-state index contributed by atoms with van der Waals surface area (Å²) in [4.78, 5) is 5.15. The monoisotopic (exact) mass is 704 g/mol. The maximum absolute atomic E-state index is 6.71. The van der Waals surface area contributed by atoms with Gasteiger partial charge >= 0.3 is 0 Å². The summed E-state index contributed by atoms with van der Waals surface area (Å²) in [6.07, 6.45) is 0. The van der Waals surface area contributed by atoms with Crippen LogP contribution < -0.4 is 0 Å². The van der Waals surface area contributed by atoms with Gasteiger partial charge in [0.2, 0.25) is 5.78 Å². The smallest absolute Gasteiger partial charge is 0.220 e. The van der Waals surface area contributed by atoms with E-state index in [4.69, 9.17) is 13.8 Å². The molecular formula is C49H28N4O2. The van der Waals surface area contributed by atoms with E-state index < -0.39 is 0 Å². The lowest BCUT2D eigenvalue weighted by molar-refractivity contribution is 0.666. The van der Waals surface area contributed by atoms with Crippen molar-refractivity contribution in [3.8, 4) is 22.5 Å². The molecule has 0 unspecified atom stereocenters. The van der Waals surface area contributed by atoms with Gasteiger partial charge in [0.05, 0.1) is 49.9 Å². The van der Waals surface area contributed by atoms with Crippen molar-refractivity contribution in [3.63, 3.8) is 0 Å². The molecule has 5 heterocycles. The Bertz CT molecular complexity index is 3690. The molecule has 6 nitrogen and oxygen atoms in total. The fourth-order valence-corrected chi connectivity index (χ4v) is 9.08. The van der Waals surface area contributed by atoms with Gasteiger partial charge < -0.3 is 13.4 Å². The molecule has 0 N–H and O–H groups in total. The number of aromatic nitrogens is 4. The van der Waals surface area contributed by atoms with E-state index in [-0.39, 0.29) is 0 Å². The van der Waals surface area contributed by atoms with Crippen LogP contribution in [0.2, 0.25) is 0 Å². The number of imidazole rings is 2. The van der Waals surface area contributed by atoms with Crippen molar-refractivity contribution in [3.05, 3.63) is 170 Å². The molecule has 0 amide bonds. The van der Waals surface area contributed by atoms with Crippen LogP contribution in [-0.2, 0) is 0 Å². The average molecular weight is 705 g/mol. The summed E-state index contributed by atoms with van der Waals surface area (Å²) in [7, 11) is 0. The third-order valence-electron chi connectivity index (χ3n) is 11.5. The Labute approximate surface area is 312 Å². The standard InChI is InChI=1S/C49H28N4O2/c1-4-15-37-31(11-1)32-12-2-5-16-38(32)51(37)43-21-9-13-33-34-27-29(23-25-44(34)55-48(33)43)30-24-26-45-35(28-30)47-42(20-10-22-46(47)54-45)53-41-19-8-7-18-40(41)52-39-17-6-3-14-36(39)50-49(52)53/h1-28H. The molecule has 0 radical (unpaired) electrons. The number of benzene rings is 8. The minimum atomic E-state index is 0.838. The fraction of sp³-hybridized carbons (Fsp3) is 0.